The van der Waals surface area contributed by atoms with Gasteiger partial charge < -0.3 is 18.5 Å². The second-order valence-electron chi connectivity index (χ2n) is 12.6. The van der Waals surface area contributed by atoms with Crippen LogP contribution in [0.15, 0.2) is 48.5 Å². The number of allylic oxidation sites excluding steroid dienone is 2. The van der Waals surface area contributed by atoms with Gasteiger partial charge in [-0.25, -0.2) is 0 Å². The van der Waals surface area contributed by atoms with Gasteiger partial charge in [-0.05, 0) is 72.0 Å². The van der Waals surface area contributed by atoms with Crippen molar-refractivity contribution in [3.8, 4) is 0 Å². The summed E-state index contributed by atoms with van der Waals surface area (Å²) in [4.78, 5) is 0. The van der Waals surface area contributed by atoms with Gasteiger partial charge >= 0.3 is 7.12 Å². The summed E-state index contributed by atoms with van der Waals surface area (Å²) in [6, 6.07) is 0. The lowest BCUT2D eigenvalue weighted by Gasteiger charge is -2.40. The molecule has 6 heteroatoms. The number of hydrogen-bond acceptors (Lipinski definition) is 4. The highest BCUT2D eigenvalue weighted by Gasteiger charge is 2.50. The summed E-state index contributed by atoms with van der Waals surface area (Å²) in [6.07, 6.45) is 9.90. The Morgan fingerprint density at radius 2 is 1.76 bits per heavy atom. The van der Waals surface area contributed by atoms with Crippen molar-refractivity contribution >= 4 is 15.4 Å². The minimum atomic E-state index is -1.94. The van der Waals surface area contributed by atoms with Gasteiger partial charge in [-0.15, -0.1) is 6.58 Å². The summed E-state index contributed by atoms with van der Waals surface area (Å²) < 4.78 is 25.3. The first-order valence-electron chi connectivity index (χ1n) is 12.8. The molecule has 2 saturated heterocycles. The number of rotatable bonds is 9. The van der Waals surface area contributed by atoms with Crippen LogP contribution in [0, 0.1) is 0 Å². The molecule has 2 aliphatic heterocycles. The Labute approximate surface area is 211 Å². The van der Waals surface area contributed by atoms with Gasteiger partial charge in [0.1, 0.15) is 0 Å². The quantitative estimate of drug-likeness (QED) is 0.248. The van der Waals surface area contributed by atoms with E-state index < -0.39 is 8.32 Å². The summed E-state index contributed by atoms with van der Waals surface area (Å²) in [7, 11) is -2.25. The predicted octanol–water partition coefficient (Wildman–Crippen LogP) is 7.58. The van der Waals surface area contributed by atoms with Crippen molar-refractivity contribution in [1.82, 2.24) is 0 Å². The molecule has 0 aromatic rings. The zero-order valence-corrected chi connectivity index (χ0v) is 24.5. The molecule has 0 spiro atoms. The minimum absolute atomic E-state index is 0.00639. The van der Waals surface area contributed by atoms with Crippen LogP contribution in [0.25, 0.3) is 0 Å². The van der Waals surface area contributed by atoms with E-state index in [-0.39, 0.29) is 41.7 Å². The van der Waals surface area contributed by atoms with Crippen LogP contribution in [0.1, 0.15) is 81.1 Å². The maximum atomic E-state index is 6.83. The summed E-state index contributed by atoms with van der Waals surface area (Å²) in [5.74, 6) is 2.09. The Kier molecular flexibility index (Phi) is 9.48. The monoisotopic (exact) mass is 488 g/mol. The molecule has 34 heavy (non-hydrogen) atoms. The van der Waals surface area contributed by atoms with Crippen LogP contribution in [0.3, 0.4) is 0 Å². The summed E-state index contributed by atoms with van der Waals surface area (Å²) in [5.41, 5.74) is 1.81. The van der Waals surface area contributed by atoms with Gasteiger partial charge in [0.05, 0.1) is 29.5 Å². The second kappa shape index (κ2) is 11.0. The topological polar surface area (TPSA) is 36.9 Å². The standard InChI is InChI=1S/C28H49BO4Si/c1-13-23-17-22(3)18-25(30-23)19-24(31-34(11,12)26(4,5)6)16-14-15-21(2)20-29-32-27(7,8)28(9,10)33-29/h13-14,16,20,23-25H,1,3,15,17-19H2,2,4-12H3/b16-14-,21-20-/t23-,24-,25-/m1/s1. The van der Waals surface area contributed by atoms with Crippen molar-refractivity contribution in [3.63, 3.8) is 0 Å². The van der Waals surface area contributed by atoms with E-state index in [0.29, 0.717) is 0 Å². The van der Waals surface area contributed by atoms with Gasteiger partial charge in [-0.1, -0.05) is 62.7 Å². The van der Waals surface area contributed by atoms with Gasteiger partial charge in [0.25, 0.3) is 0 Å². The van der Waals surface area contributed by atoms with Crippen LogP contribution in [0.4, 0.5) is 0 Å². The third kappa shape index (κ3) is 7.79. The van der Waals surface area contributed by atoms with Crippen LogP contribution in [0.5, 0.6) is 0 Å². The molecule has 4 nitrogen and oxygen atoms in total. The second-order valence-corrected chi connectivity index (χ2v) is 17.4. The lowest BCUT2D eigenvalue weighted by Crippen LogP contribution is -2.44. The molecule has 2 fully saturated rings. The molecule has 0 aromatic carbocycles. The average molecular weight is 489 g/mol. The zero-order chi connectivity index (χ0) is 25.9. The predicted molar refractivity (Wildman–Crippen MR) is 148 cm³/mol. The van der Waals surface area contributed by atoms with Gasteiger partial charge in [-0.3, -0.25) is 0 Å². The Morgan fingerprint density at radius 3 is 2.29 bits per heavy atom. The van der Waals surface area contributed by atoms with Crippen LogP contribution in [-0.2, 0) is 18.5 Å². The summed E-state index contributed by atoms with van der Waals surface area (Å²) in [6.45, 7) is 30.1. The Balaban J connectivity index is 2.09. The largest absolute Gasteiger partial charge is 0.487 e. The maximum absolute atomic E-state index is 6.83. The molecule has 2 heterocycles. The molecule has 0 amide bonds. The van der Waals surface area contributed by atoms with Crippen LogP contribution < -0.4 is 0 Å². The lowest BCUT2D eigenvalue weighted by atomic mass is 9.86. The molecule has 2 aliphatic rings. The van der Waals surface area contributed by atoms with Crippen molar-refractivity contribution in [1.29, 1.82) is 0 Å². The fourth-order valence-electron chi connectivity index (χ4n) is 3.95. The minimum Gasteiger partial charge on any atom is -0.410 e. The van der Waals surface area contributed by atoms with Crippen LogP contribution >= 0.6 is 0 Å². The van der Waals surface area contributed by atoms with Crippen molar-refractivity contribution in [2.45, 2.75) is 129 Å². The molecule has 0 unspecified atom stereocenters. The van der Waals surface area contributed by atoms with E-state index in [1.807, 2.05) is 6.08 Å². The normalized spacial score (nSPS) is 26.8. The van der Waals surface area contributed by atoms with E-state index in [9.17, 15) is 0 Å². The Hall–Kier alpha value is -0.918. The van der Waals surface area contributed by atoms with Gasteiger partial charge in [0, 0.05) is 6.42 Å². The number of hydrogen-bond donors (Lipinski definition) is 0. The first kappa shape index (κ1) is 29.3. The van der Waals surface area contributed by atoms with Crippen molar-refractivity contribution < 1.29 is 18.5 Å². The molecular weight excluding hydrogens is 439 g/mol. The van der Waals surface area contributed by atoms with Gasteiger partial charge in [0.2, 0.25) is 0 Å². The molecule has 0 aromatic heterocycles. The van der Waals surface area contributed by atoms with E-state index in [4.69, 9.17) is 18.5 Å². The van der Waals surface area contributed by atoms with E-state index in [1.165, 1.54) is 11.1 Å². The zero-order valence-electron chi connectivity index (χ0n) is 23.5. The fraction of sp³-hybridized carbons (Fsp3) is 0.714. The Morgan fingerprint density at radius 1 is 1.18 bits per heavy atom. The van der Waals surface area contributed by atoms with E-state index in [2.05, 4.69) is 99.8 Å². The molecule has 0 aliphatic carbocycles. The van der Waals surface area contributed by atoms with E-state index in [1.54, 1.807) is 0 Å². The highest BCUT2D eigenvalue weighted by Crippen LogP contribution is 2.39. The van der Waals surface area contributed by atoms with Crippen molar-refractivity contribution in [2.24, 2.45) is 0 Å². The smallest absolute Gasteiger partial charge is 0.410 e. The lowest BCUT2D eigenvalue weighted by molar-refractivity contribution is -0.0237. The average Bonchev–Trinajstić information content (AvgIpc) is 2.85. The van der Waals surface area contributed by atoms with Crippen molar-refractivity contribution in [2.75, 3.05) is 0 Å². The molecule has 0 bridgehead atoms. The molecule has 2 rings (SSSR count). The Bertz CT molecular complexity index is 775. The third-order valence-electron chi connectivity index (χ3n) is 7.87. The van der Waals surface area contributed by atoms with E-state index in [0.717, 1.165) is 25.7 Å². The van der Waals surface area contributed by atoms with Gasteiger partial charge in [-0.2, -0.15) is 0 Å². The van der Waals surface area contributed by atoms with Crippen LogP contribution in [0.2, 0.25) is 18.1 Å². The summed E-state index contributed by atoms with van der Waals surface area (Å²) in [5, 5.41) is 0.145. The van der Waals surface area contributed by atoms with Crippen molar-refractivity contribution in [3.05, 3.63) is 48.5 Å². The number of ether oxygens (including phenoxy) is 1. The highest BCUT2D eigenvalue weighted by atomic mass is 28.4. The third-order valence-corrected chi connectivity index (χ3v) is 12.4. The fourth-order valence-corrected chi connectivity index (χ4v) is 5.24. The first-order chi connectivity index (χ1) is 15.5. The molecule has 0 N–H and O–H groups in total. The van der Waals surface area contributed by atoms with E-state index >= 15 is 0 Å². The highest BCUT2D eigenvalue weighted by molar-refractivity contribution is 6.74. The molecule has 0 radical (unpaired) electrons. The van der Waals surface area contributed by atoms with Gasteiger partial charge in [0.15, 0.2) is 8.32 Å². The molecule has 192 valence electrons. The van der Waals surface area contributed by atoms with Crippen LogP contribution in [-0.4, -0.2) is 44.9 Å². The molecular formula is C28H49BO4Si. The maximum Gasteiger partial charge on any atom is 0.487 e. The summed E-state index contributed by atoms with van der Waals surface area (Å²) >= 11 is 0. The molecule has 3 atom stereocenters. The first-order valence-corrected chi connectivity index (χ1v) is 15.7. The SMILES string of the molecule is C=C[C@@H]1CC(=C)C[C@H](C[C@@H](/C=C\C/C(C)=C\B2OC(C)(C)C(C)(C)O2)O[Si](C)(C)C(C)(C)C)O1. The molecule has 0 saturated carbocycles.